The van der Waals surface area contributed by atoms with Crippen LogP contribution in [0, 0.1) is 5.82 Å². The highest BCUT2D eigenvalue weighted by Crippen LogP contribution is 2.23. The van der Waals surface area contributed by atoms with Gasteiger partial charge in [0.25, 0.3) is 5.56 Å². The second-order valence-electron chi connectivity index (χ2n) is 3.79. The first-order valence-electron chi connectivity index (χ1n) is 5.23. The van der Waals surface area contributed by atoms with Crippen LogP contribution in [0.5, 0.6) is 0 Å². The van der Waals surface area contributed by atoms with Gasteiger partial charge in [0.05, 0.1) is 20.2 Å². The van der Waals surface area contributed by atoms with E-state index in [1.807, 2.05) is 18.2 Å². The lowest BCUT2D eigenvalue weighted by atomic mass is 10.3. The van der Waals surface area contributed by atoms with Crippen LogP contribution < -0.4 is 5.56 Å². The molecule has 2 nitrogen and oxygen atoms in total. The molecule has 90 valence electrons. The van der Waals surface area contributed by atoms with Crippen LogP contribution in [-0.4, -0.2) is 3.96 Å². The van der Waals surface area contributed by atoms with Crippen molar-refractivity contribution in [2.24, 2.45) is 0 Å². The fourth-order valence-corrected chi connectivity index (χ4v) is 3.11. The number of benzene rings is 2. The molecule has 0 fully saturated rings. The summed E-state index contributed by atoms with van der Waals surface area (Å²) < 4.78 is 16.0. The maximum absolute atomic E-state index is 13.2. The topological polar surface area (TPSA) is 22.0 Å². The Morgan fingerprint density at radius 2 is 1.94 bits per heavy atom. The van der Waals surface area contributed by atoms with Crippen molar-refractivity contribution in [1.82, 2.24) is 3.96 Å². The molecule has 0 bridgehead atoms. The summed E-state index contributed by atoms with van der Waals surface area (Å²) in [6.45, 7) is 0. The SMILES string of the molecule is O=c1c2ccccc2sn1-c1ccc(F)c(Br)c1. The average Bonchev–Trinajstić information content (AvgIpc) is 2.71. The number of fused-ring (bicyclic) bond motifs is 1. The zero-order chi connectivity index (χ0) is 12.7. The molecule has 0 atom stereocenters. The fourth-order valence-electron chi connectivity index (χ4n) is 1.75. The lowest BCUT2D eigenvalue weighted by Crippen LogP contribution is -2.10. The molecule has 5 heteroatoms. The summed E-state index contributed by atoms with van der Waals surface area (Å²) in [6, 6.07) is 12.0. The van der Waals surface area contributed by atoms with Gasteiger partial charge in [0.2, 0.25) is 0 Å². The molecule has 0 amide bonds. The Morgan fingerprint density at radius 3 is 2.67 bits per heavy atom. The number of nitrogens with zero attached hydrogens (tertiary/aromatic N) is 1. The van der Waals surface area contributed by atoms with Gasteiger partial charge in [-0.3, -0.25) is 4.79 Å². The molecule has 0 radical (unpaired) electrons. The molecule has 0 unspecified atom stereocenters. The van der Waals surface area contributed by atoms with Crippen LogP contribution >= 0.6 is 27.5 Å². The Balaban J connectivity index is 2.28. The molecule has 0 aliphatic carbocycles. The third kappa shape index (κ3) is 1.79. The Labute approximate surface area is 115 Å². The molecule has 2 aromatic carbocycles. The normalized spacial score (nSPS) is 11.0. The first kappa shape index (κ1) is 11.6. The first-order chi connectivity index (χ1) is 8.66. The van der Waals surface area contributed by atoms with Crippen molar-refractivity contribution in [2.45, 2.75) is 0 Å². The lowest BCUT2D eigenvalue weighted by Gasteiger charge is -2.01. The van der Waals surface area contributed by atoms with Crippen molar-refractivity contribution in [3.63, 3.8) is 0 Å². The van der Waals surface area contributed by atoms with Gasteiger partial charge < -0.3 is 0 Å². The number of rotatable bonds is 1. The largest absolute Gasteiger partial charge is 0.273 e. The maximum Gasteiger partial charge on any atom is 0.273 e. The van der Waals surface area contributed by atoms with Crippen LogP contribution in [0.1, 0.15) is 0 Å². The Bertz CT molecular complexity index is 793. The van der Waals surface area contributed by atoms with Gasteiger partial charge in [-0.25, -0.2) is 8.35 Å². The molecule has 1 heterocycles. The van der Waals surface area contributed by atoms with Crippen molar-refractivity contribution in [1.29, 1.82) is 0 Å². The van der Waals surface area contributed by atoms with Gasteiger partial charge in [0.15, 0.2) is 0 Å². The number of aromatic nitrogens is 1. The molecule has 0 spiro atoms. The molecule has 18 heavy (non-hydrogen) atoms. The zero-order valence-corrected chi connectivity index (χ0v) is 11.5. The second kappa shape index (κ2) is 4.33. The van der Waals surface area contributed by atoms with Crippen molar-refractivity contribution < 1.29 is 4.39 Å². The minimum Gasteiger partial charge on any atom is -0.267 e. The van der Waals surface area contributed by atoms with Gasteiger partial charge >= 0.3 is 0 Å². The highest BCUT2D eigenvalue weighted by molar-refractivity contribution is 9.10. The minimum absolute atomic E-state index is 0.0749. The highest BCUT2D eigenvalue weighted by atomic mass is 79.9. The quantitative estimate of drug-likeness (QED) is 0.664. The van der Waals surface area contributed by atoms with Gasteiger partial charge in [-0.05, 0) is 46.3 Å². The predicted octanol–water partition coefficient (Wildman–Crippen LogP) is 3.95. The predicted molar refractivity (Wildman–Crippen MR) is 75.1 cm³/mol. The molecular weight excluding hydrogens is 317 g/mol. The summed E-state index contributed by atoms with van der Waals surface area (Å²) in [6.07, 6.45) is 0. The molecule has 0 N–H and O–H groups in total. The van der Waals surface area contributed by atoms with E-state index in [0.29, 0.717) is 15.5 Å². The van der Waals surface area contributed by atoms with E-state index >= 15 is 0 Å². The summed E-state index contributed by atoms with van der Waals surface area (Å²) in [5.41, 5.74) is 0.587. The highest BCUT2D eigenvalue weighted by Gasteiger charge is 2.09. The van der Waals surface area contributed by atoms with E-state index in [9.17, 15) is 9.18 Å². The smallest absolute Gasteiger partial charge is 0.267 e. The standard InChI is InChI=1S/C13H7BrFNOS/c14-10-7-8(5-6-11(10)15)16-13(17)9-3-1-2-4-12(9)18-16/h1-7H. The number of hydrogen-bond acceptors (Lipinski definition) is 2. The van der Waals surface area contributed by atoms with Gasteiger partial charge in [-0.15, -0.1) is 0 Å². The van der Waals surface area contributed by atoms with E-state index in [-0.39, 0.29) is 11.4 Å². The molecule has 0 aliphatic heterocycles. The molecule has 0 saturated carbocycles. The van der Waals surface area contributed by atoms with Crippen molar-refractivity contribution in [3.05, 3.63) is 63.1 Å². The Morgan fingerprint density at radius 1 is 1.17 bits per heavy atom. The summed E-state index contributed by atoms with van der Waals surface area (Å²) in [5, 5.41) is 0.683. The van der Waals surface area contributed by atoms with Gasteiger partial charge in [0.1, 0.15) is 5.82 Å². The molecule has 0 saturated heterocycles. The van der Waals surface area contributed by atoms with Crippen LogP contribution in [0.25, 0.3) is 15.8 Å². The molecular formula is C13H7BrFNOS. The summed E-state index contributed by atoms with van der Waals surface area (Å²) in [5.74, 6) is -0.340. The van der Waals surface area contributed by atoms with Gasteiger partial charge in [-0.1, -0.05) is 23.7 Å². The third-order valence-electron chi connectivity index (χ3n) is 2.63. The first-order valence-corrected chi connectivity index (χ1v) is 6.80. The van der Waals surface area contributed by atoms with Crippen molar-refractivity contribution in [2.75, 3.05) is 0 Å². The van der Waals surface area contributed by atoms with Gasteiger partial charge in [0, 0.05) is 0 Å². The third-order valence-corrected chi connectivity index (χ3v) is 4.35. The van der Waals surface area contributed by atoms with E-state index in [0.717, 1.165) is 4.70 Å². The van der Waals surface area contributed by atoms with Crippen LogP contribution in [0.3, 0.4) is 0 Å². The molecule has 3 aromatic rings. The number of halogens is 2. The Kier molecular flexibility index (Phi) is 2.80. The van der Waals surface area contributed by atoms with Crippen LogP contribution in [0.2, 0.25) is 0 Å². The zero-order valence-electron chi connectivity index (χ0n) is 9.06. The maximum atomic E-state index is 13.2. The van der Waals surface area contributed by atoms with E-state index in [1.165, 1.54) is 17.6 Å². The van der Waals surface area contributed by atoms with Crippen molar-refractivity contribution in [3.8, 4) is 5.69 Å². The lowest BCUT2D eigenvalue weighted by molar-refractivity contribution is 0.621. The van der Waals surface area contributed by atoms with E-state index in [1.54, 1.807) is 22.2 Å². The Hall–Kier alpha value is -1.46. The van der Waals surface area contributed by atoms with E-state index < -0.39 is 0 Å². The van der Waals surface area contributed by atoms with E-state index in [4.69, 9.17) is 0 Å². The minimum atomic E-state index is -0.340. The summed E-state index contributed by atoms with van der Waals surface area (Å²) in [4.78, 5) is 12.2. The molecule has 0 aliphatic rings. The second-order valence-corrected chi connectivity index (χ2v) is 5.63. The summed E-state index contributed by atoms with van der Waals surface area (Å²) in [7, 11) is 0. The van der Waals surface area contributed by atoms with Crippen LogP contribution in [-0.2, 0) is 0 Å². The average molecular weight is 324 g/mol. The van der Waals surface area contributed by atoms with Gasteiger partial charge in [-0.2, -0.15) is 0 Å². The summed E-state index contributed by atoms with van der Waals surface area (Å²) >= 11 is 4.48. The van der Waals surface area contributed by atoms with E-state index in [2.05, 4.69) is 15.9 Å². The van der Waals surface area contributed by atoms with Crippen LogP contribution in [0.4, 0.5) is 4.39 Å². The van der Waals surface area contributed by atoms with Crippen LogP contribution in [0.15, 0.2) is 51.7 Å². The number of hydrogen-bond donors (Lipinski definition) is 0. The molecule has 3 rings (SSSR count). The molecule has 1 aromatic heterocycles. The van der Waals surface area contributed by atoms with Crippen molar-refractivity contribution >= 4 is 37.5 Å². The monoisotopic (exact) mass is 323 g/mol. The fraction of sp³-hybridized carbons (Fsp3) is 0.